The third-order valence-corrected chi connectivity index (χ3v) is 4.61. The molecule has 3 rings (SSSR count). The quantitative estimate of drug-likeness (QED) is 0.764. The van der Waals surface area contributed by atoms with E-state index >= 15 is 0 Å². The van der Waals surface area contributed by atoms with Gasteiger partial charge in [-0.3, -0.25) is 0 Å². The van der Waals surface area contributed by atoms with Crippen LogP contribution in [0, 0.1) is 5.92 Å². The van der Waals surface area contributed by atoms with E-state index in [2.05, 4.69) is 35.6 Å². The Morgan fingerprint density at radius 2 is 1.81 bits per heavy atom. The van der Waals surface area contributed by atoms with Gasteiger partial charge in [0.25, 0.3) is 0 Å². The van der Waals surface area contributed by atoms with Gasteiger partial charge in [0, 0.05) is 16.1 Å². The molecule has 1 fully saturated rings. The van der Waals surface area contributed by atoms with Crippen molar-refractivity contribution in [1.29, 1.82) is 0 Å². The summed E-state index contributed by atoms with van der Waals surface area (Å²) < 4.78 is 0. The molecule has 2 aromatic carbocycles. The van der Waals surface area contributed by atoms with Crippen LogP contribution in [0.5, 0.6) is 0 Å². The maximum atomic E-state index is 6.22. The fourth-order valence-electron chi connectivity index (χ4n) is 2.73. The molecule has 0 radical (unpaired) electrons. The van der Waals surface area contributed by atoms with Crippen molar-refractivity contribution in [3.05, 3.63) is 69.7 Å². The highest BCUT2D eigenvalue weighted by Gasteiger charge is 2.31. The summed E-state index contributed by atoms with van der Waals surface area (Å²) in [4.78, 5) is 0. The largest absolute Gasteiger partial charge is 0.309 e. The highest BCUT2D eigenvalue weighted by Crippen LogP contribution is 2.40. The van der Waals surface area contributed by atoms with E-state index in [9.17, 15) is 0 Å². The van der Waals surface area contributed by atoms with Gasteiger partial charge in [-0.2, -0.15) is 0 Å². The topological polar surface area (TPSA) is 12.0 Å². The SMILES string of the molecule is Clc1ccc(CCNC(c2ccccc2)C2CC2)c(Cl)c1. The molecule has 0 heterocycles. The molecule has 1 N–H and O–H groups in total. The first-order chi connectivity index (χ1) is 10.2. The Morgan fingerprint density at radius 1 is 1.05 bits per heavy atom. The van der Waals surface area contributed by atoms with Gasteiger partial charge in [-0.15, -0.1) is 0 Å². The molecule has 21 heavy (non-hydrogen) atoms. The Labute approximate surface area is 136 Å². The molecule has 0 bridgehead atoms. The zero-order valence-electron chi connectivity index (χ0n) is 11.9. The summed E-state index contributed by atoms with van der Waals surface area (Å²) in [6.07, 6.45) is 3.58. The summed E-state index contributed by atoms with van der Waals surface area (Å²) >= 11 is 12.2. The number of nitrogens with one attached hydrogen (secondary N) is 1. The molecule has 1 atom stereocenters. The number of hydrogen-bond donors (Lipinski definition) is 1. The third-order valence-electron chi connectivity index (χ3n) is 4.03. The molecule has 1 unspecified atom stereocenters. The van der Waals surface area contributed by atoms with Crippen LogP contribution in [0.3, 0.4) is 0 Å². The Kier molecular flexibility index (Phi) is 4.84. The van der Waals surface area contributed by atoms with Gasteiger partial charge < -0.3 is 5.32 Å². The van der Waals surface area contributed by atoms with Gasteiger partial charge in [0.2, 0.25) is 0 Å². The summed E-state index contributed by atoms with van der Waals surface area (Å²) in [5.41, 5.74) is 2.54. The summed E-state index contributed by atoms with van der Waals surface area (Å²) in [5, 5.41) is 5.14. The normalized spacial score (nSPS) is 15.9. The molecule has 0 aliphatic heterocycles. The average molecular weight is 320 g/mol. The van der Waals surface area contributed by atoms with E-state index in [4.69, 9.17) is 23.2 Å². The van der Waals surface area contributed by atoms with E-state index < -0.39 is 0 Å². The van der Waals surface area contributed by atoms with E-state index in [1.54, 1.807) is 0 Å². The van der Waals surface area contributed by atoms with E-state index in [1.807, 2.05) is 18.2 Å². The van der Waals surface area contributed by atoms with E-state index in [0.29, 0.717) is 11.1 Å². The van der Waals surface area contributed by atoms with Crippen molar-refractivity contribution >= 4 is 23.2 Å². The van der Waals surface area contributed by atoms with Crippen molar-refractivity contribution in [2.24, 2.45) is 5.92 Å². The van der Waals surface area contributed by atoms with E-state index in [1.165, 1.54) is 18.4 Å². The number of benzene rings is 2. The van der Waals surface area contributed by atoms with Crippen molar-refractivity contribution in [1.82, 2.24) is 5.32 Å². The first-order valence-corrected chi connectivity index (χ1v) is 8.22. The van der Waals surface area contributed by atoms with Gasteiger partial charge in [-0.25, -0.2) is 0 Å². The Hall–Kier alpha value is -1.02. The molecule has 2 aromatic rings. The van der Waals surface area contributed by atoms with Gasteiger partial charge in [-0.1, -0.05) is 59.6 Å². The molecule has 1 aliphatic carbocycles. The lowest BCUT2D eigenvalue weighted by Gasteiger charge is -2.19. The molecule has 3 heteroatoms. The van der Waals surface area contributed by atoms with Crippen LogP contribution in [-0.4, -0.2) is 6.54 Å². The predicted molar refractivity (Wildman–Crippen MR) is 90.1 cm³/mol. The van der Waals surface area contributed by atoms with Gasteiger partial charge in [0.1, 0.15) is 0 Å². The van der Waals surface area contributed by atoms with Crippen molar-refractivity contribution in [3.63, 3.8) is 0 Å². The Balaban J connectivity index is 1.60. The van der Waals surface area contributed by atoms with Gasteiger partial charge >= 0.3 is 0 Å². The van der Waals surface area contributed by atoms with E-state index in [0.717, 1.165) is 29.5 Å². The van der Waals surface area contributed by atoms with Crippen LogP contribution in [0.1, 0.15) is 30.0 Å². The number of hydrogen-bond acceptors (Lipinski definition) is 1. The molecular weight excluding hydrogens is 301 g/mol. The molecule has 0 spiro atoms. The number of halogens is 2. The second-order valence-corrected chi connectivity index (χ2v) is 6.51. The highest BCUT2D eigenvalue weighted by molar-refractivity contribution is 6.35. The molecule has 0 amide bonds. The van der Waals surface area contributed by atoms with Crippen LogP contribution in [0.4, 0.5) is 0 Å². The summed E-state index contributed by atoms with van der Waals surface area (Å²) in [7, 11) is 0. The first-order valence-electron chi connectivity index (χ1n) is 7.46. The summed E-state index contributed by atoms with van der Waals surface area (Å²) in [6, 6.07) is 16.9. The number of rotatable bonds is 6. The zero-order chi connectivity index (χ0) is 14.7. The minimum Gasteiger partial charge on any atom is -0.309 e. The molecular formula is C18H19Cl2N. The maximum Gasteiger partial charge on any atom is 0.0453 e. The second-order valence-electron chi connectivity index (χ2n) is 5.67. The minimum atomic E-state index is 0.470. The lowest BCUT2D eigenvalue weighted by molar-refractivity contribution is 0.484. The lowest BCUT2D eigenvalue weighted by atomic mass is 10.0. The van der Waals surface area contributed by atoms with Crippen LogP contribution in [0.25, 0.3) is 0 Å². The smallest absolute Gasteiger partial charge is 0.0453 e. The first kappa shape index (κ1) is 14.9. The van der Waals surface area contributed by atoms with Gasteiger partial charge in [-0.05, 0) is 55.0 Å². The van der Waals surface area contributed by atoms with Crippen LogP contribution < -0.4 is 5.32 Å². The molecule has 1 saturated carbocycles. The van der Waals surface area contributed by atoms with Crippen LogP contribution in [-0.2, 0) is 6.42 Å². The average Bonchev–Trinajstić information content (AvgIpc) is 3.31. The second kappa shape index (κ2) is 6.83. The van der Waals surface area contributed by atoms with Crippen LogP contribution in [0.2, 0.25) is 10.0 Å². The lowest BCUT2D eigenvalue weighted by Crippen LogP contribution is -2.25. The Bertz CT molecular complexity index is 593. The van der Waals surface area contributed by atoms with Crippen molar-refractivity contribution in [3.8, 4) is 0 Å². The summed E-state index contributed by atoms with van der Waals surface area (Å²) in [6.45, 7) is 0.928. The molecule has 1 aliphatic rings. The monoisotopic (exact) mass is 319 g/mol. The fraction of sp³-hybridized carbons (Fsp3) is 0.333. The molecule has 110 valence electrons. The van der Waals surface area contributed by atoms with Crippen LogP contribution in [0.15, 0.2) is 48.5 Å². The molecule has 0 aromatic heterocycles. The van der Waals surface area contributed by atoms with Crippen molar-refractivity contribution in [2.45, 2.75) is 25.3 Å². The standard InChI is InChI=1S/C18H19Cl2N/c19-16-9-8-13(17(20)12-16)10-11-21-18(15-6-7-15)14-4-2-1-3-5-14/h1-5,8-9,12,15,18,21H,6-7,10-11H2. The van der Waals surface area contributed by atoms with Crippen LogP contribution >= 0.6 is 23.2 Å². The zero-order valence-corrected chi connectivity index (χ0v) is 13.4. The predicted octanol–water partition coefficient (Wildman–Crippen LogP) is 5.28. The van der Waals surface area contributed by atoms with Gasteiger partial charge in [0.15, 0.2) is 0 Å². The van der Waals surface area contributed by atoms with Crippen molar-refractivity contribution in [2.75, 3.05) is 6.54 Å². The fourth-order valence-corrected chi connectivity index (χ4v) is 3.24. The molecule has 1 nitrogen and oxygen atoms in total. The summed E-state index contributed by atoms with van der Waals surface area (Å²) in [5.74, 6) is 0.785. The van der Waals surface area contributed by atoms with E-state index in [-0.39, 0.29) is 0 Å². The van der Waals surface area contributed by atoms with Crippen molar-refractivity contribution < 1.29 is 0 Å². The maximum absolute atomic E-state index is 6.22. The third kappa shape index (κ3) is 4.00. The minimum absolute atomic E-state index is 0.470. The Morgan fingerprint density at radius 3 is 2.48 bits per heavy atom. The van der Waals surface area contributed by atoms with Gasteiger partial charge in [0.05, 0.1) is 0 Å². The molecule has 0 saturated heterocycles. The highest BCUT2D eigenvalue weighted by atomic mass is 35.5.